The second-order valence-corrected chi connectivity index (χ2v) is 5.82. The average molecular weight is 333 g/mol. The van der Waals surface area contributed by atoms with Crippen molar-refractivity contribution >= 4 is 17.5 Å². The predicted octanol–water partition coefficient (Wildman–Crippen LogP) is 4.20. The summed E-state index contributed by atoms with van der Waals surface area (Å²) in [4.78, 5) is 15.4. The first-order chi connectivity index (χ1) is 12.0. The molecular weight excluding hydrogens is 314 g/mol. The number of hydrogen-bond donors (Lipinski definition) is 3. The number of nitrogens with two attached hydrogens (primary N) is 1. The van der Waals surface area contributed by atoms with Crippen LogP contribution < -0.4 is 11.1 Å². The maximum absolute atomic E-state index is 11.2. The fourth-order valence-electron chi connectivity index (χ4n) is 2.64. The maximum Gasteiger partial charge on any atom is 0.335 e. The standard InChI is InChI=1S/C20H19N3O2/c1-13(14-6-3-2-4-7-14)23-18-11-17(12-22-19(18)21)15-8-5-9-16(10-15)20(24)25/h2-13,23H,1H3,(H2,21,22)(H,24,25)/t13-/m1/s1. The summed E-state index contributed by atoms with van der Waals surface area (Å²) >= 11 is 0. The number of carboxylic acid groups (broad SMARTS) is 1. The molecule has 3 aromatic rings. The van der Waals surface area contributed by atoms with E-state index < -0.39 is 5.97 Å². The number of hydrogen-bond acceptors (Lipinski definition) is 4. The molecule has 3 rings (SSSR count). The summed E-state index contributed by atoms with van der Waals surface area (Å²) in [7, 11) is 0. The van der Waals surface area contributed by atoms with E-state index in [4.69, 9.17) is 10.8 Å². The molecule has 1 atom stereocenters. The molecule has 126 valence electrons. The lowest BCUT2D eigenvalue weighted by molar-refractivity contribution is 0.0697. The zero-order valence-electron chi connectivity index (χ0n) is 13.8. The van der Waals surface area contributed by atoms with Crippen LogP contribution in [0.2, 0.25) is 0 Å². The van der Waals surface area contributed by atoms with Crippen LogP contribution in [0.25, 0.3) is 11.1 Å². The first kappa shape index (κ1) is 16.5. The molecule has 0 aliphatic heterocycles. The quantitative estimate of drug-likeness (QED) is 0.651. The second kappa shape index (κ2) is 7.05. The molecule has 1 aromatic heterocycles. The Morgan fingerprint density at radius 1 is 1.08 bits per heavy atom. The van der Waals surface area contributed by atoms with Crippen LogP contribution in [-0.4, -0.2) is 16.1 Å². The van der Waals surface area contributed by atoms with Crippen LogP contribution in [0.5, 0.6) is 0 Å². The number of nitrogens with one attached hydrogen (secondary N) is 1. The number of nitrogens with zero attached hydrogens (tertiary/aromatic N) is 1. The molecule has 4 N–H and O–H groups in total. The highest BCUT2D eigenvalue weighted by molar-refractivity contribution is 5.89. The van der Waals surface area contributed by atoms with Crippen LogP contribution >= 0.6 is 0 Å². The van der Waals surface area contributed by atoms with Gasteiger partial charge in [0.05, 0.1) is 11.3 Å². The molecule has 25 heavy (non-hydrogen) atoms. The third-order valence-corrected chi connectivity index (χ3v) is 4.03. The predicted molar refractivity (Wildman–Crippen MR) is 99.5 cm³/mol. The van der Waals surface area contributed by atoms with Crippen LogP contribution in [-0.2, 0) is 0 Å². The van der Waals surface area contributed by atoms with Gasteiger partial charge in [0.25, 0.3) is 0 Å². The largest absolute Gasteiger partial charge is 0.478 e. The molecule has 0 radical (unpaired) electrons. The van der Waals surface area contributed by atoms with Gasteiger partial charge in [-0.15, -0.1) is 0 Å². The van der Waals surface area contributed by atoms with Crippen molar-refractivity contribution in [1.29, 1.82) is 0 Å². The number of carboxylic acids is 1. The number of pyridine rings is 1. The molecule has 0 saturated heterocycles. The average Bonchev–Trinajstić information content (AvgIpc) is 2.64. The van der Waals surface area contributed by atoms with Crippen molar-refractivity contribution in [1.82, 2.24) is 4.98 Å². The molecule has 0 amide bonds. The Labute approximate surface area is 146 Å². The van der Waals surface area contributed by atoms with E-state index in [1.165, 1.54) is 0 Å². The Bertz CT molecular complexity index is 894. The Kier molecular flexibility index (Phi) is 4.66. The van der Waals surface area contributed by atoms with Gasteiger partial charge >= 0.3 is 5.97 Å². The van der Waals surface area contributed by atoms with E-state index >= 15 is 0 Å². The molecule has 1 heterocycles. The van der Waals surface area contributed by atoms with Crippen LogP contribution in [0, 0.1) is 0 Å². The van der Waals surface area contributed by atoms with Gasteiger partial charge in [-0.05, 0) is 36.2 Å². The molecule has 0 fully saturated rings. The number of rotatable bonds is 5. The zero-order valence-corrected chi connectivity index (χ0v) is 13.8. The lowest BCUT2D eigenvalue weighted by Gasteiger charge is -2.17. The minimum atomic E-state index is -0.957. The number of carbonyl (C=O) groups is 1. The van der Waals surface area contributed by atoms with Crippen LogP contribution in [0.15, 0.2) is 66.9 Å². The van der Waals surface area contributed by atoms with Gasteiger partial charge in [0.15, 0.2) is 0 Å². The molecule has 0 saturated carbocycles. The first-order valence-electron chi connectivity index (χ1n) is 7.95. The summed E-state index contributed by atoms with van der Waals surface area (Å²) in [5.74, 6) is -0.553. The maximum atomic E-state index is 11.2. The van der Waals surface area contributed by atoms with Crippen molar-refractivity contribution in [3.8, 4) is 11.1 Å². The van der Waals surface area contributed by atoms with Crippen molar-refractivity contribution in [2.75, 3.05) is 11.1 Å². The Hall–Kier alpha value is -3.34. The molecule has 5 nitrogen and oxygen atoms in total. The Morgan fingerprint density at radius 2 is 1.84 bits per heavy atom. The third-order valence-electron chi connectivity index (χ3n) is 4.03. The smallest absolute Gasteiger partial charge is 0.335 e. The SMILES string of the molecule is C[C@@H](Nc1cc(-c2cccc(C(=O)O)c2)cnc1N)c1ccccc1. The van der Waals surface area contributed by atoms with E-state index in [-0.39, 0.29) is 11.6 Å². The summed E-state index contributed by atoms with van der Waals surface area (Å²) in [5, 5.41) is 12.5. The van der Waals surface area contributed by atoms with E-state index in [0.717, 1.165) is 22.4 Å². The van der Waals surface area contributed by atoms with Gasteiger partial charge in [0.2, 0.25) is 0 Å². The van der Waals surface area contributed by atoms with Crippen molar-refractivity contribution in [3.63, 3.8) is 0 Å². The van der Waals surface area contributed by atoms with Gasteiger partial charge in [0, 0.05) is 17.8 Å². The van der Waals surface area contributed by atoms with Gasteiger partial charge < -0.3 is 16.2 Å². The van der Waals surface area contributed by atoms with E-state index in [9.17, 15) is 4.79 Å². The molecule has 2 aromatic carbocycles. The fraction of sp³-hybridized carbons (Fsp3) is 0.100. The molecule has 5 heteroatoms. The number of aromatic carboxylic acids is 1. The Balaban J connectivity index is 1.91. The summed E-state index contributed by atoms with van der Waals surface area (Å²) < 4.78 is 0. The summed E-state index contributed by atoms with van der Waals surface area (Å²) in [6.07, 6.45) is 1.65. The minimum absolute atomic E-state index is 0.0610. The fourth-order valence-corrected chi connectivity index (χ4v) is 2.64. The zero-order chi connectivity index (χ0) is 17.8. The molecule has 0 unspecified atom stereocenters. The summed E-state index contributed by atoms with van der Waals surface area (Å²) in [6.45, 7) is 2.05. The highest BCUT2D eigenvalue weighted by atomic mass is 16.4. The second-order valence-electron chi connectivity index (χ2n) is 5.82. The number of aromatic nitrogens is 1. The number of nitrogen functional groups attached to an aromatic ring is 1. The number of anilines is 2. The van der Waals surface area contributed by atoms with E-state index in [1.807, 2.05) is 49.4 Å². The van der Waals surface area contributed by atoms with Gasteiger partial charge in [-0.2, -0.15) is 0 Å². The topological polar surface area (TPSA) is 88.2 Å². The van der Waals surface area contributed by atoms with E-state index in [2.05, 4.69) is 10.3 Å². The Morgan fingerprint density at radius 3 is 2.56 bits per heavy atom. The van der Waals surface area contributed by atoms with Crippen molar-refractivity contribution in [2.24, 2.45) is 0 Å². The first-order valence-corrected chi connectivity index (χ1v) is 7.95. The third kappa shape index (κ3) is 3.77. The van der Waals surface area contributed by atoms with Crippen LogP contribution in [0.3, 0.4) is 0 Å². The number of benzene rings is 2. The van der Waals surface area contributed by atoms with Crippen LogP contribution in [0.1, 0.15) is 28.9 Å². The highest BCUT2D eigenvalue weighted by Crippen LogP contribution is 2.28. The highest BCUT2D eigenvalue weighted by Gasteiger charge is 2.11. The van der Waals surface area contributed by atoms with Crippen molar-refractivity contribution in [2.45, 2.75) is 13.0 Å². The van der Waals surface area contributed by atoms with Crippen LogP contribution in [0.4, 0.5) is 11.5 Å². The normalized spacial score (nSPS) is 11.7. The molecular formula is C20H19N3O2. The molecule has 0 aliphatic carbocycles. The summed E-state index contributed by atoms with van der Waals surface area (Å²) in [6, 6.07) is 18.7. The van der Waals surface area contributed by atoms with Gasteiger partial charge in [-0.1, -0.05) is 42.5 Å². The molecule has 0 spiro atoms. The van der Waals surface area contributed by atoms with Gasteiger partial charge in [0.1, 0.15) is 5.82 Å². The minimum Gasteiger partial charge on any atom is -0.478 e. The molecule has 0 bridgehead atoms. The van der Waals surface area contributed by atoms with Crippen molar-refractivity contribution < 1.29 is 9.90 Å². The monoisotopic (exact) mass is 333 g/mol. The lowest BCUT2D eigenvalue weighted by atomic mass is 10.0. The summed E-state index contributed by atoms with van der Waals surface area (Å²) in [5.41, 5.74) is 9.68. The molecule has 0 aliphatic rings. The van der Waals surface area contributed by atoms with Crippen molar-refractivity contribution in [3.05, 3.63) is 78.0 Å². The van der Waals surface area contributed by atoms with Gasteiger partial charge in [-0.3, -0.25) is 0 Å². The lowest BCUT2D eigenvalue weighted by Crippen LogP contribution is -2.09. The van der Waals surface area contributed by atoms with E-state index in [0.29, 0.717) is 5.82 Å². The van der Waals surface area contributed by atoms with Gasteiger partial charge in [-0.25, -0.2) is 9.78 Å². The van der Waals surface area contributed by atoms with E-state index in [1.54, 1.807) is 24.4 Å².